The summed E-state index contributed by atoms with van der Waals surface area (Å²) in [6, 6.07) is 9.63. The molecule has 1 aromatic carbocycles. The molecule has 26 heavy (non-hydrogen) atoms. The molecular formula is C20H24N4O2. The van der Waals surface area contributed by atoms with Crippen LogP contribution < -0.4 is 4.90 Å². The number of piperidine rings is 1. The zero-order valence-corrected chi connectivity index (χ0v) is 15.0. The lowest BCUT2D eigenvalue weighted by Gasteiger charge is -2.38. The maximum atomic E-state index is 12.8. The minimum absolute atomic E-state index is 0.0752. The van der Waals surface area contributed by atoms with Gasteiger partial charge in [-0.3, -0.25) is 4.79 Å². The summed E-state index contributed by atoms with van der Waals surface area (Å²) in [6.45, 7) is 5.72. The van der Waals surface area contributed by atoms with E-state index >= 15 is 0 Å². The maximum absolute atomic E-state index is 12.8. The summed E-state index contributed by atoms with van der Waals surface area (Å²) in [6.07, 6.45) is 4.56. The molecule has 0 radical (unpaired) electrons. The van der Waals surface area contributed by atoms with E-state index in [9.17, 15) is 4.79 Å². The van der Waals surface area contributed by atoms with Crippen LogP contribution in [0.4, 0.5) is 5.95 Å². The molecule has 2 saturated heterocycles. The lowest BCUT2D eigenvalue weighted by atomic mass is 9.93. The highest BCUT2D eigenvalue weighted by molar-refractivity contribution is 5.94. The number of likely N-dealkylation sites (tertiary alicyclic amines) is 1. The summed E-state index contributed by atoms with van der Waals surface area (Å²) in [5.74, 6) is 1.25. The van der Waals surface area contributed by atoms with Gasteiger partial charge in [0, 0.05) is 50.1 Å². The Bertz CT molecular complexity index is 767. The van der Waals surface area contributed by atoms with E-state index in [0.717, 1.165) is 43.1 Å². The van der Waals surface area contributed by atoms with E-state index in [4.69, 9.17) is 4.74 Å². The molecular weight excluding hydrogens is 328 g/mol. The van der Waals surface area contributed by atoms with Crippen molar-refractivity contribution < 1.29 is 9.53 Å². The van der Waals surface area contributed by atoms with Gasteiger partial charge < -0.3 is 14.5 Å². The first-order valence-corrected chi connectivity index (χ1v) is 9.20. The summed E-state index contributed by atoms with van der Waals surface area (Å²) in [5, 5.41) is 0. The standard InChI is InChI=1S/C20H24N4O2/c1-15-4-2-5-16(12-15)19(25)23-9-6-17-13-24(10-11-26-18(17)14-23)20-21-7-3-8-22-20/h2-5,7-8,12,17-18H,6,9-11,13-14H2,1H3/t17-,18-/m1/s1. The number of amides is 1. The van der Waals surface area contributed by atoms with Crippen molar-refractivity contribution >= 4 is 11.9 Å². The van der Waals surface area contributed by atoms with Gasteiger partial charge in [0.25, 0.3) is 5.91 Å². The number of aryl methyl sites for hydroxylation is 1. The SMILES string of the molecule is Cc1cccc(C(=O)N2CC[C@@H]3CN(c4ncccn4)CCO[C@@H]3C2)c1. The number of carbonyl (C=O) groups is 1. The highest BCUT2D eigenvalue weighted by Gasteiger charge is 2.35. The molecule has 1 aromatic heterocycles. The van der Waals surface area contributed by atoms with Crippen molar-refractivity contribution in [2.24, 2.45) is 5.92 Å². The normalized spacial score (nSPS) is 23.3. The zero-order chi connectivity index (χ0) is 17.9. The van der Waals surface area contributed by atoms with Crippen molar-refractivity contribution in [2.75, 3.05) is 37.7 Å². The van der Waals surface area contributed by atoms with Gasteiger partial charge in [-0.25, -0.2) is 9.97 Å². The Kier molecular flexibility index (Phi) is 4.84. The number of anilines is 1. The number of rotatable bonds is 2. The molecule has 6 heteroatoms. The van der Waals surface area contributed by atoms with E-state index in [0.29, 0.717) is 19.1 Å². The van der Waals surface area contributed by atoms with Gasteiger partial charge >= 0.3 is 0 Å². The molecule has 136 valence electrons. The minimum atomic E-state index is 0.0752. The molecule has 2 aromatic rings. The third kappa shape index (κ3) is 3.55. The minimum Gasteiger partial charge on any atom is -0.374 e. The topological polar surface area (TPSA) is 58.6 Å². The van der Waals surface area contributed by atoms with Gasteiger partial charge in [0.2, 0.25) is 5.95 Å². The van der Waals surface area contributed by atoms with Crippen molar-refractivity contribution in [3.63, 3.8) is 0 Å². The van der Waals surface area contributed by atoms with Crippen molar-refractivity contribution in [1.82, 2.24) is 14.9 Å². The van der Waals surface area contributed by atoms with Crippen molar-refractivity contribution in [1.29, 1.82) is 0 Å². The number of hydrogen-bond acceptors (Lipinski definition) is 5. The Balaban J connectivity index is 1.44. The van der Waals surface area contributed by atoms with E-state index < -0.39 is 0 Å². The average molecular weight is 352 g/mol. The van der Waals surface area contributed by atoms with Crippen LogP contribution in [0.15, 0.2) is 42.7 Å². The highest BCUT2D eigenvalue weighted by Crippen LogP contribution is 2.26. The van der Waals surface area contributed by atoms with Gasteiger partial charge in [-0.2, -0.15) is 0 Å². The first kappa shape index (κ1) is 17.0. The average Bonchev–Trinajstić information content (AvgIpc) is 2.90. The summed E-state index contributed by atoms with van der Waals surface area (Å²) in [5.41, 5.74) is 1.87. The summed E-state index contributed by atoms with van der Waals surface area (Å²) >= 11 is 0. The van der Waals surface area contributed by atoms with Gasteiger partial charge in [0.15, 0.2) is 0 Å². The second-order valence-corrected chi connectivity index (χ2v) is 7.07. The molecule has 1 amide bonds. The fourth-order valence-corrected chi connectivity index (χ4v) is 3.83. The third-order valence-corrected chi connectivity index (χ3v) is 5.23. The Morgan fingerprint density at radius 2 is 2.00 bits per heavy atom. The van der Waals surface area contributed by atoms with E-state index in [1.165, 1.54) is 0 Å². The molecule has 0 saturated carbocycles. The molecule has 0 bridgehead atoms. The molecule has 2 aliphatic heterocycles. The second kappa shape index (κ2) is 7.41. The number of nitrogens with zero attached hydrogens (tertiary/aromatic N) is 4. The molecule has 0 unspecified atom stereocenters. The van der Waals surface area contributed by atoms with Crippen molar-refractivity contribution in [2.45, 2.75) is 19.4 Å². The first-order chi connectivity index (χ1) is 12.7. The highest BCUT2D eigenvalue weighted by atomic mass is 16.5. The molecule has 0 aliphatic carbocycles. The number of hydrogen-bond donors (Lipinski definition) is 0. The Morgan fingerprint density at radius 3 is 2.81 bits per heavy atom. The largest absolute Gasteiger partial charge is 0.374 e. The van der Waals surface area contributed by atoms with Crippen LogP contribution in [-0.4, -0.2) is 59.7 Å². The van der Waals surface area contributed by atoms with Crippen LogP contribution >= 0.6 is 0 Å². The van der Waals surface area contributed by atoms with E-state index in [2.05, 4.69) is 14.9 Å². The van der Waals surface area contributed by atoms with Crippen LogP contribution in [0.5, 0.6) is 0 Å². The van der Waals surface area contributed by atoms with Crippen LogP contribution in [0.2, 0.25) is 0 Å². The molecule has 2 fully saturated rings. The van der Waals surface area contributed by atoms with Crippen LogP contribution in [0.3, 0.4) is 0 Å². The van der Waals surface area contributed by atoms with Gasteiger partial charge in [0.1, 0.15) is 0 Å². The van der Waals surface area contributed by atoms with Gasteiger partial charge in [-0.05, 0) is 31.5 Å². The summed E-state index contributed by atoms with van der Waals surface area (Å²) in [7, 11) is 0. The van der Waals surface area contributed by atoms with Crippen molar-refractivity contribution in [3.05, 3.63) is 53.9 Å². The maximum Gasteiger partial charge on any atom is 0.253 e. The van der Waals surface area contributed by atoms with E-state index in [1.807, 2.05) is 42.2 Å². The number of ether oxygens (including phenoxy) is 1. The van der Waals surface area contributed by atoms with Gasteiger partial charge in [-0.1, -0.05) is 17.7 Å². The smallest absolute Gasteiger partial charge is 0.253 e. The Hall–Kier alpha value is -2.47. The third-order valence-electron chi connectivity index (χ3n) is 5.23. The van der Waals surface area contributed by atoms with Crippen LogP contribution in [-0.2, 0) is 4.74 Å². The van der Waals surface area contributed by atoms with Gasteiger partial charge in [-0.15, -0.1) is 0 Å². The molecule has 0 N–H and O–H groups in total. The fourth-order valence-electron chi connectivity index (χ4n) is 3.83. The molecule has 0 spiro atoms. The second-order valence-electron chi connectivity index (χ2n) is 7.07. The molecule has 2 aliphatic rings. The Morgan fingerprint density at radius 1 is 1.15 bits per heavy atom. The molecule has 3 heterocycles. The van der Waals surface area contributed by atoms with Crippen LogP contribution in [0, 0.1) is 12.8 Å². The molecule has 4 rings (SSSR count). The lowest BCUT2D eigenvalue weighted by Crippen LogP contribution is -2.49. The predicted octanol–water partition coefficient (Wildman–Crippen LogP) is 2.15. The first-order valence-electron chi connectivity index (χ1n) is 9.20. The van der Waals surface area contributed by atoms with Gasteiger partial charge in [0.05, 0.1) is 12.7 Å². The number of fused-ring (bicyclic) bond motifs is 1. The quantitative estimate of drug-likeness (QED) is 0.829. The number of benzene rings is 1. The van der Waals surface area contributed by atoms with E-state index in [-0.39, 0.29) is 12.0 Å². The molecule has 2 atom stereocenters. The zero-order valence-electron chi connectivity index (χ0n) is 15.0. The van der Waals surface area contributed by atoms with E-state index in [1.54, 1.807) is 12.4 Å². The van der Waals surface area contributed by atoms with Crippen molar-refractivity contribution in [3.8, 4) is 0 Å². The number of aromatic nitrogens is 2. The van der Waals surface area contributed by atoms with Crippen LogP contribution in [0.25, 0.3) is 0 Å². The number of carbonyl (C=O) groups excluding carboxylic acids is 1. The predicted molar refractivity (Wildman–Crippen MR) is 99.2 cm³/mol. The summed E-state index contributed by atoms with van der Waals surface area (Å²) < 4.78 is 6.11. The molecule has 6 nitrogen and oxygen atoms in total. The van der Waals surface area contributed by atoms with Crippen LogP contribution in [0.1, 0.15) is 22.3 Å². The monoisotopic (exact) mass is 352 g/mol. The lowest BCUT2D eigenvalue weighted by molar-refractivity contribution is -0.0169. The Labute approximate surface area is 153 Å². The summed E-state index contributed by atoms with van der Waals surface area (Å²) in [4.78, 5) is 25.7. The fraction of sp³-hybridized carbons (Fsp3) is 0.450.